The third-order valence-electron chi connectivity index (χ3n) is 5.21. The van der Waals surface area contributed by atoms with E-state index in [2.05, 4.69) is 12.1 Å². The Morgan fingerprint density at radius 2 is 1.72 bits per heavy atom. The van der Waals surface area contributed by atoms with Crippen molar-refractivity contribution in [3.8, 4) is 0 Å². The maximum atomic E-state index is 13.2. The lowest BCUT2D eigenvalue weighted by Crippen LogP contribution is -2.48. The quantitative estimate of drug-likeness (QED) is 0.594. The zero-order valence-electron chi connectivity index (χ0n) is 18.4. The SMILES string of the molecule is CC[C@H](C)N(CC(=O)N(CCc1ccccc1)Cc1ccc(C)o1)C(=O)C(C)C. The normalized spacial score (nSPS) is 12.1. The predicted octanol–water partition coefficient (Wildman–Crippen LogP) is 4.44. The Balaban J connectivity index is 2.15. The van der Waals surface area contributed by atoms with E-state index in [0.717, 1.165) is 24.4 Å². The van der Waals surface area contributed by atoms with Crippen LogP contribution in [0.2, 0.25) is 0 Å². The molecule has 1 aromatic heterocycles. The smallest absolute Gasteiger partial charge is 0.242 e. The molecule has 0 bridgehead atoms. The molecule has 1 aromatic carbocycles. The third kappa shape index (κ3) is 6.77. The number of hydrogen-bond donors (Lipinski definition) is 0. The van der Waals surface area contributed by atoms with Crippen molar-refractivity contribution in [3.63, 3.8) is 0 Å². The van der Waals surface area contributed by atoms with E-state index in [1.165, 1.54) is 5.56 Å². The minimum atomic E-state index is -0.137. The van der Waals surface area contributed by atoms with Gasteiger partial charge >= 0.3 is 0 Å². The second kappa shape index (κ2) is 10.8. The van der Waals surface area contributed by atoms with Crippen LogP contribution in [0, 0.1) is 12.8 Å². The standard InChI is InChI=1S/C24H34N2O3/c1-6-19(4)26(24(28)18(2)3)17-23(27)25(16-22-13-12-20(5)29-22)15-14-21-10-8-7-9-11-21/h7-13,18-19H,6,14-17H2,1-5H3/t19-/m0/s1. The Labute approximate surface area is 174 Å². The summed E-state index contributed by atoms with van der Waals surface area (Å²) >= 11 is 0. The van der Waals surface area contributed by atoms with Gasteiger partial charge in [0.1, 0.15) is 18.1 Å². The monoisotopic (exact) mass is 398 g/mol. The van der Waals surface area contributed by atoms with Crippen LogP contribution in [0.25, 0.3) is 0 Å². The van der Waals surface area contributed by atoms with E-state index in [1.807, 2.05) is 65.0 Å². The second-order valence-electron chi connectivity index (χ2n) is 7.94. The van der Waals surface area contributed by atoms with Crippen LogP contribution in [-0.2, 0) is 22.6 Å². The van der Waals surface area contributed by atoms with E-state index in [-0.39, 0.29) is 30.3 Å². The first-order valence-electron chi connectivity index (χ1n) is 10.5. The van der Waals surface area contributed by atoms with Crippen molar-refractivity contribution < 1.29 is 14.0 Å². The summed E-state index contributed by atoms with van der Waals surface area (Å²) in [4.78, 5) is 29.4. The van der Waals surface area contributed by atoms with Crippen LogP contribution in [0.15, 0.2) is 46.9 Å². The van der Waals surface area contributed by atoms with Crippen LogP contribution in [0.4, 0.5) is 0 Å². The van der Waals surface area contributed by atoms with Gasteiger partial charge in [-0.25, -0.2) is 0 Å². The van der Waals surface area contributed by atoms with Crippen molar-refractivity contribution in [2.45, 2.75) is 60.0 Å². The fourth-order valence-corrected chi connectivity index (χ4v) is 3.21. The number of hydrogen-bond acceptors (Lipinski definition) is 3. The number of amides is 2. The molecular formula is C24H34N2O3. The first-order valence-corrected chi connectivity index (χ1v) is 10.5. The number of aryl methyl sites for hydroxylation is 1. The van der Waals surface area contributed by atoms with Gasteiger partial charge in [0.25, 0.3) is 0 Å². The topological polar surface area (TPSA) is 53.8 Å². The van der Waals surface area contributed by atoms with Crippen molar-refractivity contribution in [1.29, 1.82) is 0 Å². The highest BCUT2D eigenvalue weighted by molar-refractivity contribution is 5.86. The minimum Gasteiger partial charge on any atom is -0.464 e. The summed E-state index contributed by atoms with van der Waals surface area (Å²) < 4.78 is 5.70. The van der Waals surface area contributed by atoms with E-state index in [4.69, 9.17) is 4.42 Å². The van der Waals surface area contributed by atoms with Crippen molar-refractivity contribution in [2.24, 2.45) is 5.92 Å². The highest BCUT2D eigenvalue weighted by Gasteiger charge is 2.26. The molecule has 0 aliphatic carbocycles. The Morgan fingerprint density at radius 3 is 2.28 bits per heavy atom. The van der Waals surface area contributed by atoms with E-state index < -0.39 is 0 Å². The summed E-state index contributed by atoms with van der Waals surface area (Å²) in [5, 5.41) is 0. The Kier molecular flexibility index (Phi) is 8.50. The van der Waals surface area contributed by atoms with Gasteiger partial charge in [0.05, 0.1) is 6.54 Å². The molecule has 1 atom stereocenters. The maximum absolute atomic E-state index is 13.2. The lowest BCUT2D eigenvalue weighted by atomic mass is 10.1. The molecule has 2 rings (SSSR count). The fourth-order valence-electron chi connectivity index (χ4n) is 3.21. The zero-order chi connectivity index (χ0) is 21.4. The molecule has 158 valence electrons. The van der Waals surface area contributed by atoms with Crippen molar-refractivity contribution in [1.82, 2.24) is 9.80 Å². The zero-order valence-corrected chi connectivity index (χ0v) is 18.4. The van der Waals surface area contributed by atoms with Crippen LogP contribution in [0.5, 0.6) is 0 Å². The molecule has 0 saturated carbocycles. The van der Waals surface area contributed by atoms with Crippen LogP contribution in [0.1, 0.15) is 51.2 Å². The molecule has 0 N–H and O–H groups in total. The average molecular weight is 399 g/mol. The van der Waals surface area contributed by atoms with E-state index in [0.29, 0.717) is 13.1 Å². The lowest BCUT2D eigenvalue weighted by molar-refractivity contribution is -0.144. The van der Waals surface area contributed by atoms with Gasteiger partial charge in [-0.05, 0) is 44.4 Å². The van der Waals surface area contributed by atoms with Crippen LogP contribution in [-0.4, -0.2) is 40.7 Å². The maximum Gasteiger partial charge on any atom is 0.242 e. The van der Waals surface area contributed by atoms with E-state index >= 15 is 0 Å². The van der Waals surface area contributed by atoms with Crippen molar-refractivity contribution in [2.75, 3.05) is 13.1 Å². The molecule has 0 fully saturated rings. The summed E-state index contributed by atoms with van der Waals surface area (Å²) in [7, 11) is 0. The van der Waals surface area contributed by atoms with Gasteiger partial charge in [-0.2, -0.15) is 0 Å². The van der Waals surface area contributed by atoms with Crippen molar-refractivity contribution in [3.05, 3.63) is 59.5 Å². The van der Waals surface area contributed by atoms with Gasteiger partial charge in [0.15, 0.2) is 0 Å². The summed E-state index contributed by atoms with van der Waals surface area (Å²) in [5.41, 5.74) is 1.18. The molecule has 0 spiro atoms. The molecule has 0 aliphatic rings. The molecule has 0 unspecified atom stereocenters. The Morgan fingerprint density at radius 1 is 1.03 bits per heavy atom. The first kappa shape index (κ1) is 22.7. The highest BCUT2D eigenvalue weighted by Crippen LogP contribution is 2.14. The molecule has 0 saturated heterocycles. The molecule has 1 heterocycles. The fraction of sp³-hybridized carbons (Fsp3) is 0.500. The van der Waals surface area contributed by atoms with Crippen LogP contribution in [0.3, 0.4) is 0 Å². The minimum absolute atomic E-state index is 0.0181. The largest absolute Gasteiger partial charge is 0.464 e. The molecule has 5 heteroatoms. The number of furan rings is 1. The summed E-state index contributed by atoms with van der Waals surface area (Å²) in [5.74, 6) is 1.41. The van der Waals surface area contributed by atoms with Gasteiger partial charge in [-0.3, -0.25) is 9.59 Å². The van der Waals surface area contributed by atoms with Crippen LogP contribution >= 0.6 is 0 Å². The molecule has 0 aliphatic heterocycles. The predicted molar refractivity (Wildman–Crippen MR) is 115 cm³/mol. The van der Waals surface area contributed by atoms with Gasteiger partial charge in [0, 0.05) is 18.5 Å². The molecular weight excluding hydrogens is 364 g/mol. The summed E-state index contributed by atoms with van der Waals surface area (Å²) in [6.07, 6.45) is 1.57. The van der Waals surface area contributed by atoms with Gasteiger partial charge in [-0.1, -0.05) is 51.1 Å². The number of carbonyl (C=O) groups is 2. The van der Waals surface area contributed by atoms with Gasteiger partial charge < -0.3 is 14.2 Å². The Bertz CT molecular complexity index is 782. The van der Waals surface area contributed by atoms with E-state index in [9.17, 15) is 9.59 Å². The highest BCUT2D eigenvalue weighted by atomic mass is 16.3. The summed E-state index contributed by atoms with van der Waals surface area (Å²) in [6.45, 7) is 10.8. The second-order valence-corrected chi connectivity index (χ2v) is 7.94. The van der Waals surface area contributed by atoms with Crippen LogP contribution < -0.4 is 0 Å². The number of nitrogens with zero attached hydrogens (tertiary/aromatic N) is 2. The molecule has 29 heavy (non-hydrogen) atoms. The molecule has 2 aromatic rings. The third-order valence-corrected chi connectivity index (χ3v) is 5.21. The van der Waals surface area contributed by atoms with E-state index in [1.54, 1.807) is 9.80 Å². The lowest BCUT2D eigenvalue weighted by Gasteiger charge is -2.32. The van der Waals surface area contributed by atoms with Crippen molar-refractivity contribution >= 4 is 11.8 Å². The molecule has 2 amide bonds. The molecule has 0 radical (unpaired) electrons. The molecule has 5 nitrogen and oxygen atoms in total. The van der Waals surface area contributed by atoms with Gasteiger partial charge in [0.2, 0.25) is 11.8 Å². The number of carbonyl (C=O) groups excluding carboxylic acids is 2. The Hall–Kier alpha value is -2.56. The summed E-state index contributed by atoms with van der Waals surface area (Å²) in [6, 6.07) is 14.0. The average Bonchev–Trinajstić information content (AvgIpc) is 3.13. The van der Waals surface area contributed by atoms with Gasteiger partial charge in [-0.15, -0.1) is 0 Å². The number of rotatable bonds is 10. The first-order chi connectivity index (χ1) is 13.8. The number of benzene rings is 1.